The van der Waals surface area contributed by atoms with Gasteiger partial charge in [-0.15, -0.1) is 0 Å². The van der Waals surface area contributed by atoms with Gasteiger partial charge in [0.05, 0.1) is 10.6 Å². The standard InChI is InChI=1S/C21H22FN5O3S/c1-26-20-9-13-27(31(29,30)17-4-2-16(22)3-5-17)14-18(20)19(25-26)8-12-24-21(28)15-6-10-23-11-7-15/h2-7,10-11H,8-9,12-14H2,1H3,(H,24,28). The predicted molar refractivity (Wildman–Crippen MR) is 111 cm³/mol. The number of hydrogen-bond acceptors (Lipinski definition) is 5. The molecule has 3 heterocycles. The highest BCUT2D eigenvalue weighted by molar-refractivity contribution is 7.89. The number of carbonyl (C=O) groups excluding carboxylic acids is 1. The quantitative estimate of drug-likeness (QED) is 0.625. The van der Waals surface area contributed by atoms with E-state index in [2.05, 4.69) is 15.4 Å². The Hall–Kier alpha value is -3.11. The van der Waals surface area contributed by atoms with E-state index in [4.69, 9.17) is 0 Å². The number of amides is 1. The van der Waals surface area contributed by atoms with Crippen molar-refractivity contribution in [2.45, 2.75) is 24.3 Å². The van der Waals surface area contributed by atoms with Crippen molar-refractivity contribution < 1.29 is 17.6 Å². The van der Waals surface area contributed by atoms with Crippen molar-refractivity contribution in [2.75, 3.05) is 13.1 Å². The summed E-state index contributed by atoms with van der Waals surface area (Å²) in [7, 11) is -1.91. The van der Waals surface area contributed by atoms with Crippen LogP contribution in [0.4, 0.5) is 4.39 Å². The number of aryl methyl sites for hydroxylation is 1. The Morgan fingerprint density at radius 3 is 2.58 bits per heavy atom. The van der Waals surface area contributed by atoms with Crippen LogP contribution in [0.3, 0.4) is 0 Å². The van der Waals surface area contributed by atoms with Gasteiger partial charge in [-0.05, 0) is 36.4 Å². The second-order valence-electron chi connectivity index (χ2n) is 7.28. The third kappa shape index (κ3) is 4.35. The van der Waals surface area contributed by atoms with Crippen molar-refractivity contribution >= 4 is 15.9 Å². The molecule has 1 N–H and O–H groups in total. The van der Waals surface area contributed by atoms with E-state index in [0.717, 1.165) is 29.1 Å². The first kappa shape index (κ1) is 21.1. The molecule has 0 saturated carbocycles. The topological polar surface area (TPSA) is 97.2 Å². The molecule has 3 aromatic rings. The fourth-order valence-corrected chi connectivity index (χ4v) is 5.12. The Morgan fingerprint density at radius 2 is 1.87 bits per heavy atom. The summed E-state index contributed by atoms with van der Waals surface area (Å²) in [6.07, 6.45) is 4.12. The number of nitrogens with zero attached hydrogens (tertiary/aromatic N) is 4. The highest BCUT2D eigenvalue weighted by Crippen LogP contribution is 2.27. The lowest BCUT2D eigenvalue weighted by molar-refractivity contribution is 0.0954. The summed E-state index contributed by atoms with van der Waals surface area (Å²) in [6.45, 7) is 0.885. The minimum Gasteiger partial charge on any atom is -0.352 e. The van der Waals surface area contributed by atoms with Crippen molar-refractivity contribution in [1.29, 1.82) is 0 Å². The monoisotopic (exact) mass is 443 g/mol. The van der Waals surface area contributed by atoms with E-state index in [1.54, 1.807) is 29.2 Å². The fraction of sp³-hybridized carbons (Fsp3) is 0.286. The van der Waals surface area contributed by atoms with Crippen LogP contribution in [0.1, 0.15) is 27.3 Å². The van der Waals surface area contributed by atoms with E-state index in [1.165, 1.54) is 16.4 Å². The summed E-state index contributed by atoms with van der Waals surface area (Å²) in [5.74, 6) is -0.684. The molecule has 0 aliphatic carbocycles. The lowest BCUT2D eigenvalue weighted by atomic mass is 10.1. The number of halogens is 1. The van der Waals surface area contributed by atoms with Crippen LogP contribution in [0, 0.1) is 5.82 Å². The summed E-state index contributed by atoms with van der Waals surface area (Å²) in [4.78, 5) is 16.2. The Morgan fingerprint density at radius 1 is 1.16 bits per heavy atom. The van der Waals surface area contributed by atoms with E-state index in [0.29, 0.717) is 31.5 Å². The van der Waals surface area contributed by atoms with Crippen molar-refractivity contribution in [1.82, 2.24) is 24.4 Å². The predicted octanol–water partition coefficient (Wildman–Crippen LogP) is 1.67. The van der Waals surface area contributed by atoms with Gasteiger partial charge in [-0.3, -0.25) is 14.5 Å². The van der Waals surface area contributed by atoms with Gasteiger partial charge < -0.3 is 5.32 Å². The molecule has 10 heteroatoms. The molecule has 1 aromatic carbocycles. The highest BCUT2D eigenvalue weighted by Gasteiger charge is 2.31. The van der Waals surface area contributed by atoms with Crippen LogP contribution < -0.4 is 5.32 Å². The summed E-state index contributed by atoms with van der Waals surface area (Å²) in [5.41, 5.74) is 3.12. The maximum Gasteiger partial charge on any atom is 0.251 e. The van der Waals surface area contributed by atoms with E-state index in [9.17, 15) is 17.6 Å². The zero-order valence-electron chi connectivity index (χ0n) is 17.0. The van der Waals surface area contributed by atoms with Gasteiger partial charge in [0.1, 0.15) is 5.82 Å². The molecule has 0 fully saturated rings. The van der Waals surface area contributed by atoms with Crippen LogP contribution in [0.15, 0.2) is 53.7 Å². The molecule has 0 atom stereocenters. The number of carbonyl (C=O) groups is 1. The molecule has 1 amide bonds. The Bertz CT molecular complexity index is 1190. The Labute approximate surface area is 179 Å². The molecule has 31 heavy (non-hydrogen) atoms. The van der Waals surface area contributed by atoms with E-state index >= 15 is 0 Å². The third-order valence-electron chi connectivity index (χ3n) is 5.33. The number of benzene rings is 1. The SMILES string of the molecule is Cn1nc(CCNC(=O)c2ccncc2)c2c1CCN(S(=O)(=O)c1ccc(F)cc1)C2. The zero-order chi connectivity index (χ0) is 22.0. The molecule has 0 unspecified atom stereocenters. The third-order valence-corrected chi connectivity index (χ3v) is 7.19. The van der Waals surface area contributed by atoms with Crippen molar-refractivity contribution in [3.05, 3.63) is 77.1 Å². The van der Waals surface area contributed by atoms with Crippen LogP contribution in [-0.4, -0.2) is 46.5 Å². The minimum absolute atomic E-state index is 0.0624. The second-order valence-corrected chi connectivity index (χ2v) is 9.22. The number of pyridine rings is 1. The van der Waals surface area contributed by atoms with Crippen LogP contribution in [-0.2, 0) is 36.5 Å². The highest BCUT2D eigenvalue weighted by atomic mass is 32.2. The smallest absolute Gasteiger partial charge is 0.251 e. The van der Waals surface area contributed by atoms with Crippen LogP contribution in [0.5, 0.6) is 0 Å². The number of hydrogen-bond donors (Lipinski definition) is 1. The molecule has 0 saturated heterocycles. The van der Waals surface area contributed by atoms with Crippen LogP contribution in [0.25, 0.3) is 0 Å². The largest absolute Gasteiger partial charge is 0.352 e. The average Bonchev–Trinajstić information content (AvgIpc) is 3.09. The van der Waals surface area contributed by atoms with Crippen molar-refractivity contribution in [2.24, 2.45) is 7.05 Å². The van der Waals surface area contributed by atoms with Gasteiger partial charge in [0.15, 0.2) is 0 Å². The van der Waals surface area contributed by atoms with E-state index in [-0.39, 0.29) is 17.3 Å². The summed E-state index contributed by atoms with van der Waals surface area (Å²) >= 11 is 0. The Balaban J connectivity index is 1.48. The molecule has 1 aliphatic heterocycles. The molecule has 0 bridgehead atoms. The maximum atomic E-state index is 13.2. The molecule has 2 aromatic heterocycles. The first-order valence-electron chi connectivity index (χ1n) is 9.84. The lowest BCUT2D eigenvalue weighted by Gasteiger charge is -2.27. The minimum atomic E-state index is -3.75. The molecule has 0 spiro atoms. The molecule has 4 rings (SSSR count). The number of fused-ring (bicyclic) bond motifs is 1. The normalized spacial score (nSPS) is 14.3. The molecule has 1 aliphatic rings. The van der Waals surface area contributed by atoms with Gasteiger partial charge in [-0.25, -0.2) is 12.8 Å². The molecule has 0 radical (unpaired) electrons. The molecule has 8 nitrogen and oxygen atoms in total. The van der Waals surface area contributed by atoms with Crippen molar-refractivity contribution in [3.63, 3.8) is 0 Å². The molecular formula is C21H22FN5O3S. The average molecular weight is 444 g/mol. The summed E-state index contributed by atoms with van der Waals surface area (Å²) in [6, 6.07) is 8.11. The van der Waals surface area contributed by atoms with Gasteiger partial charge in [-0.2, -0.15) is 9.40 Å². The summed E-state index contributed by atoms with van der Waals surface area (Å²) < 4.78 is 42.4. The maximum absolute atomic E-state index is 13.2. The number of rotatable bonds is 6. The fourth-order valence-electron chi connectivity index (χ4n) is 3.71. The Kier molecular flexibility index (Phi) is 5.84. The van der Waals surface area contributed by atoms with Gasteiger partial charge >= 0.3 is 0 Å². The van der Waals surface area contributed by atoms with Gasteiger partial charge in [0.2, 0.25) is 10.0 Å². The zero-order valence-corrected chi connectivity index (χ0v) is 17.8. The van der Waals surface area contributed by atoms with E-state index < -0.39 is 15.8 Å². The molecular weight excluding hydrogens is 421 g/mol. The first-order valence-corrected chi connectivity index (χ1v) is 11.3. The number of sulfonamides is 1. The molecule has 162 valence electrons. The lowest BCUT2D eigenvalue weighted by Crippen LogP contribution is -2.36. The first-order chi connectivity index (χ1) is 14.9. The van der Waals surface area contributed by atoms with Gasteiger partial charge in [0, 0.05) is 68.7 Å². The summed E-state index contributed by atoms with van der Waals surface area (Å²) in [5, 5.41) is 7.40. The number of aromatic nitrogens is 3. The van der Waals surface area contributed by atoms with Gasteiger partial charge in [-0.1, -0.05) is 0 Å². The second kappa shape index (κ2) is 8.56. The van der Waals surface area contributed by atoms with Crippen LogP contribution >= 0.6 is 0 Å². The van der Waals surface area contributed by atoms with Crippen molar-refractivity contribution in [3.8, 4) is 0 Å². The van der Waals surface area contributed by atoms with Gasteiger partial charge in [0.25, 0.3) is 5.91 Å². The van der Waals surface area contributed by atoms with Crippen LogP contribution in [0.2, 0.25) is 0 Å². The van der Waals surface area contributed by atoms with E-state index in [1.807, 2.05) is 7.05 Å². The number of nitrogens with one attached hydrogen (secondary N) is 1.